The van der Waals surface area contributed by atoms with E-state index in [-0.39, 0.29) is 12.0 Å². The fraction of sp³-hybridized carbons (Fsp3) is 0.588. The van der Waals surface area contributed by atoms with E-state index in [1.165, 1.54) is 0 Å². The summed E-state index contributed by atoms with van der Waals surface area (Å²) in [6.07, 6.45) is 1.90. The molecule has 1 N–H and O–H groups in total. The molecule has 0 aromatic carbocycles. The molecule has 0 atom stereocenters. The Morgan fingerprint density at radius 1 is 1.30 bits per heavy atom. The summed E-state index contributed by atoms with van der Waals surface area (Å²) in [5, 5.41) is 2.83. The first-order chi connectivity index (χ1) is 10.7. The smallest absolute Gasteiger partial charge is 0.410 e. The van der Waals surface area contributed by atoms with Gasteiger partial charge in [0.1, 0.15) is 5.60 Å². The quantitative estimate of drug-likeness (QED) is 0.818. The first-order valence-electron chi connectivity index (χ1n) is 7.91. The average Bonchev–Trinajstić information content (AvgIpc) is 2.45. The Labute approximate surface area is 138 Å². The molecule has 128 valence electrons. The Kier molecular flexibility index (Phi) is 7.00. The zero-order valence-corrected chi connectivity index (χ0v) is 14.7. The van der Waals surface area contributed by atoms with Crippen LogP contribution in [0, 0.1) is 6.92 Å². The highest BCUT2D eigenvalue weighted by atomic mass is 16.6. The molecule has 0 unspecified atom stereocenters. The lowest BCUT2D eigenvalue weighted by molar-refractivity contribution is 0.0259. The molecule has 1 rings (SSSR count). The minimum Gasteiger partial charge on any atom is -0.444 e. The van der Waals surface area contributed by atoms with E-state index in [0.717, 1.165) is 5.69 Å². The van der Waals surface area contributed by atoms with Crippen LogP contribution in [0.15, 0.2) is 18.3 Å². The second-order valence-electron chi connectivity index (χ2n) is 6.36. The summed E-state index contributed by atoms with van der Waals surface area (Å²) in [7, 11) is 0. The van der Waals surface area contributed by atoms with Gasteiger partial charge in [0.2, 0.25) is 0 Å². The number of pyridine rings is 1. The molecule has 0 bridgehead atoms. The molecular weight excluding hydrogens is 294 g/mol. The largest absolute Gasteiger partial charge is 0.444 e. The minimum absolute atomic E-state index is 0.155. The van der Waals surface area contributed by atoms with E-state index < -0.39 is 5.60 Å². The SMILES string of the molecule is CCN(CCCNC(=O)c1ccc(C)nc1)C(=O)OC(C)(C)C. The van der Waals surface area contributed by atoms with Gasteiger partial charge < -0.3 is 15.0 Å². The maximum atomic E-state index is 12.0. The summed E-state index contributed by atoms with van der Waals surface area (Å²) >= 11 is 0. The fourth-order valence-electron chi connectivity index (χ4n) is 1.88. The van der Waals surface area contributed by atoms with Crippen molar-refractivity contribution >= 4 is 12.0 Å². The molecule has 1 aromatic rings. The Morgan fingerprint density at radius 2 is 2.00 bits per heavy atom. The number of hydrogen-bond donors (Lipinski definition) is 1. The summed E-state index contributed by atoms with van der Waals surface area (Å²) in [6.45, 7) is 10.9. The van der Waals surface area contributed by atoms with Crippen LogP contribution in [0.25, 0.3) is 0 Å². The number of amides is 2. The van der Waals surface area contributed by atoms with Crippen molar-refractivity contribution in [2.45, 2.75) is 46.6 Å². The Hall–Kier alpha value is -2.11. The minimum atomic E-state index is -0.503. The first kappa shape index (κ1) is 18.9. The van der Waals surface area contributed by atoms with E-state index in [4.69, 9.17) is 4.74 Å². The molecule has 1 heterocycles. The number of rotatable bonds is 6. The van der Waals surface area contributed by atoms with Crippen LogP contribution in [-0.2, 0) is 4.74 Å². The number of nitrogens with one attached hydrogen (secondary N) is 1. The highest BCUT2D eigenvalue weighted by Crippen LogP contribution is 2.10. The van der Waals surface area contributed by atoms with E-state index >= 15 is 0 Å². The van der Waals surface area contributed by atoms with Gasteiger partial charge >= 0.3 is 6.09 Å². The summed E-state index contributed by atoms with van der Waals surface area (Å²) in [5.74, 6) is -0.155. The Balaban J connectivity index is 2.36. The topological polar surface area (TPSA) is 71.5 Å². The van der Waals surface area contributed by atoms with Crippen LogP contribution in [0.2, 0.25) is 0 Å². The van der Waals surface area contributed by atoms with E-state index in [2.05, 4.69) is 10.3 Å². The number of aromatic nitrogens is 1. The van der Waals surface area contributed by atoms with Crippen LogP contribution >= 0.6 is 0 Å². The highest BCUT2D eigenvalue weighted by Gasteiger charge is 2.20. The predicted molar refractivity (Wildman–Crippen MR) is 89.4 cm³/mol. The summed E-state index contributed by atoms with van der Waals surface area (Å²) in [5.41, 5.74) is 0.907. The van der Waals surface area contributed by atoms with Gasteiger partial charge in [-0.15, -0.1) is 0 Å². The van der Waals surface area contributed by atoms with Crippen molar-refractivity contribution in [2.24, 2.45) is 0 Å². The molecule has 2 amide bonds. The number of nitrogens with zero attached hydrogens (tertiary/aromatic N) is 2. The van der Waals surface area contributed by atoms with Gasteiger partial charge in [-0.3, -0.25) is 9.78 Å². The van der Waals surface area contributed by atoms with Gasteiger partial charge in [-0.2, -0.15) is 0 Å². The zero-order valence-electron chi connectivity index (χ0n) is 14.7. The monoisotopic (exact) mass is 321 g/mol. The van der Waals surface area contributed by atoms with Crippen LogP contribution in [-0.4, -0.2) is 47.1 Å². The van der Waals surface area contributed by atoms with Crippen molar-refractivity contribution < 1.29 is 14.3 Å². The van der Waals surface area contributed by atoms with E-state index in [0.29, 0.717) is 31.6 Å². The number of carbonyl (C=O) groups excluding carboxylic acids is 2. The molecule has 0 radical (unpaired) electrons. The molecular formula is C17H27N3O3. The number of aryl methyl sites for hydroxylation is 1. The van der Waals surface area contributed by atoms with E-state index in [1.807, 2.05) is 34.6 Å². The highest BCUT2D eigenvalue weighted by molar-refractivity contribution is 5.93. The van der Waals surface area contributed by atoms with Crippen molar-refractivity contribution in [2.75, 3.05) is 19.6 Å². The van der Waals surface area contributed by atoms with Crippen LogP contribution in [0.1, 0.15) is 50.2 Å². The predicted octanol–water partition coefficient (Wildman–Crippen LogP) is 2.77. The zero-order chi connectivity index (χ0) is 17.5. The molecule has 0 spiro atoms. The molecule has 6 heteroatoms. The van der Waals surface area contributed by atoms with Crippen LogP contribution in [0.3, 0.4) is 0 Å². The van der Waals surface area contributed by atoms with Crippen molar-refractivity contribution in [1.29, 1.82) is 0 Å². The Bertz CT molecular complexity index is 521. The molecule has 0 aliphatic heterocycles. The lowest BCUT2D eigenvalue weighted by Gasteiger charge is -2.26. The van der Waals surface area contributed by atoms with Gasteiger partial charge in [0, 0.05) is 31.5 Å². The number of carbonyl (C=O) groups is 2. The van der Waals surface area contributed by atoms with Crippen LogP contribution in [0.4, 0.5) is 4.79 Å². The van der Waals surface area contributed by atoms with Gasteiger partial charge in [0.05, 0.1) is 5.56 Å². The molecule has 6 nitrogen and oxygen atoms in total. The van der Waals surface area contributed by atoms with Gasteiger partial charge in [-0.25, -0.2) is 4.79 Å². The van der Waals surface area contributed by atoms with Gasteiger partial charge in [0.15, 0.2) is 0 Å². The number of ether oxygens (including phenoxy) is 1. The second-order valence-corrected chi connectivity index (χ2v) is 6.36. The van der Waals surface area contributed by atoms with Gasteiger partial charge in [-0.05, 0) is 53.2 Å². The third-order valence-electron chi connectivity index (χ3n) is 3.10. The molecule has 0 fully saturated rings. The first-order valence-corrected chi connectivity index (χ1v) is 7.91. The summed E-state index contributed by atoms with van der Waals surface area (Å²) < 4.78 is 5.34. The lowest BCUT2D eigenvalue weighted by atomic mass is 10.2. The average molecular weight is 321 g/mol. The van der Waals surface area contributed by atoms with Crippen molar-refractivity contribution in [3.05, 3.63) is 29.6 Å². The molecule has 1 aromatic heterocycles. The summed E-state index contributed by atoms with van der Waals surface area (Å²) in [6, 6.07) is 3.55. The molecule has 0 saturated carbocycles. The fourth-order valence-corrected chi connectivity index (χ4v) is 1.88. The molecule has 0 aliphatic rings. The van der Waals surface area contributed by atoms with E-state index in [1.54, 1.807) is 23.2 Å². The van der Waals surface area contributed by atoms with Gasteiger partial charge in [-0.1, -0.05) is 0 Å². The number of hydrogen-bond acceptors (Lipinski definition) is 4. The molecule has 0 saturated heterocycles. The third kappa shape index (κ3) is 7.13. The Morgan fingerprint density at radius 3 is 2.52 bits per heavy atom. The second kappa shape index (κ2) is 8.50. The lowest BCUT2D eigenvalue weighted by Crippen LogP contribution is -2.38. The maximum absolute atomic E-state index is 12.0. The molecule has 23 heavy (non-hydrogen) atoms. The van der Waals surface area contributed by atoms with E-state index in [9.17, 15) is 9.59 Å². The van der Waals surface area contributed by atoms with Crippen molar-refractivity contribution in [1.82, 2.24) is 15.2 Å². The standard InChI is InChI=1S/C17H27N3O3/c1-6-20(16(22)23-17(3,4)5)11-7-10-18-15(21)14-9-8-13(2)19-12-14/h8-9,12H,6-7,10-11H2,1-5H3,(H,18,21). The van der Waals surface area contributed by atoms with Crippen molar-refractivity contribution in [3.63, 3.8) is 0 Å². The normalized spacial score (nSPS) is 11.0. The third-order valence-corrected chi connectivity index (χ3v) is 3.10. The summed E-state index contributed by atoms with van der Waals surface area (Å²) in [4.78, 5) is 29.6. The molecule has 0 aliphatic carbocycles. The van der Waals surface area contributed by atoms with Crippen LogP contribution < -0.4 is 5.32 Å². The van der Waals surface area contributed by atoms with Gasteiger partial charge in [0.25, 0.3) is 5.91 Å². The van der Waals surface area contributed by atoms with Crippen LogP contribution in [0.5, 0.6) is 0 Å². The van der Waals surface area contributed by atoms with Crippen molar-refractivity contribution in [3.8, 4) is 0 Å². The maximum Gasteiger partial charge on any atom is 0.410 e.